The Hall–Kier alpha value is -1.62. The lowest BCUT2D eigenvalue weighted by molar-refractivity contribution is 0.283. The van der Waals surface area contributed by atoms with Gasteiger partial charge in [-0.1, -0.05) is 39.0 Å². The van der Waals surface area contributed by atoms with Crippen molar-refractivity contribution >= 4 is 12.2 Å². The predicted molar refractivity (Wildman–Crippen MR) is 77.9 cm³/mol. The van der Waals surface area contributed by atoms with E-state index in [-0.39, 0.29) is 5.41 Å². The SMILES string of the molecule is Cn1c(COc2ccccc2C(C)(C)C)n[nH]c1=S. The van der Waals surface area contributed by atoms with Crippen molar-refractivity contribution in [1.82, 2.24) is 14.8 Å². The molecule has 19 heavy (non-hydrogen) atoms. The molecule has 0 amide bonds. The average Bonchev–Trinajstić information content (AvgIpc) is 2.67. The van der Waals surface area contributed by atoms with Crippen LogP contribution in [0.3, 0.4) is 0 Å². The van der Waals surface area contributed by atoms with Crippen molar-refractivity contribution in [3.8, 4) is 5.75 Å². The summed E-state index contributed by atoms with van der Waals surface area (Å²) in [5.74, 6) is 1.68. The molecule has 0 spiro atoms. The molecule has 0 bridgehead atoms. The molecular formula is C14H19N3OS. The van der Waals surface area contributed by atoms with Crippen molar-refractivity contribution in [3.05, 3.63) is 40.4 Å². The van der Waals surface area contributed by atoms with Gasteiger partial charge in [0.05, 0.1) is 0 Å². The lowest BCUT2D eigenvalue weighted by atomic mass is 9.86. The minimum atomic E-state index is 0.0491. The van der Waals surface area contributed by atoms with Gasteiger partial charge in [-0.05, 0) is 29.3 Å². The number of nitrogens with zero attached hydrogens (tertiary/aromatic N) is 2. The van der Waals surface area contributed by atoms with Crippen molar-refractivity contribution in [2.24, 2.45) is 7.05 Å². The topological polar surface area (TPSA) is 42.8 Å². The smallest absolute Gasteiger partial charge is 0.194 e. The third-order valence-electron chi connectivity index (χ3n) is 3.02. The van der Waals surface area contributed by atoms with E-state index in [0.29, 0.717) is 11.4 Å². The minimum absolute atomic E-state index is 0.0491. The summed E-state index contributed by atoms with van der Waals surface area (Å²) < 4.78 is 8.31. The van der Waals surface area contributed by atoms with E-state index in [9.17, 15) is 0 Å². The Balaban J connectivity index is 2.21. The Bertz CT molecular complexity index is 622. The molecule has 5 heteroatoms. The first-order chi connectivity index (χ1) is 8.89. The fourth-order valence-corrected chi connectivity index (χ4v) is 2.01. The van der Waals surface area contributed by atoms with Crippen LogP contribution in [0, 0.1) is 4.77 Å². The van der Waals surface area contributed by atoms with Gasteiger partial charge in [-0.3, -0.25) is 5.10 Å². The Kier molecular flexibility index (Phi) is 3.75. The van der Waals surface area contributed by atoms with E-state index in [1.807, 2.05) is 29.8 Å². The first-order valence-electron chi connectivity index (χ1n) is 6.22. The average molecular weight is 277 g/mol. The van der Waals surface area contributed by atoms with Crippen molar-refractivity contribution in [1.29, 1.82) is 0 Å². The van der Waals surface area contributed by atoms with Crippen LogP contribution >= 0.6 is 12.2 Å². The number of ether oxygens (including phenoxy) is 1. The van der Waals surface area contributed by atoms with Crippen molar-refractivity contribution in [2.45, 2.75) is 32.8 Å². The first kappa shape index (κ1) is 13.8. The summed E-state index contributed by atoms with van der Waals surface area (Å²) in [7, 11) is 1.88. The van der Waals surface area contributed by atoms with Gasteiger partial charge in [0.1, 0.15) is 12.4 Å². The highest BCUT2D eigenvalue weighted by Gasteiger charge is 2.18. The van der Waals surface area contributed by atoms with Gasteiger partial charge >= 0.3 is 0 Å². The summed E-state index contributed by atoms with van der Waals surface area (Å²) in [6.45, 7) is 6.91. The number of hydrogen-bond acceptors (Lipinski definition) is 3. The molecule has 4 nitrogen and oxygen atoms in total. The molecular weight excluding hydrogens is 258 g/mol. The zero-order chi connectivity index (χ0) is 14.0. The number of aromatic nitrogens is 3. The van der Waals surface area contributed by atoms with Crippen LogP contribution in [0.25, 0.3) is 0 Å². The number of rotatable bonds is 3. The Labute approximate surface area is 118 Å². The van der Waals surface area contributed by atoms with E-state index in [4.69, 9.17) is 17.0 Å². The summed E-state index contributed by atoms with van der Waals surface area (Å²) in [5.41, 5.74) is 1.24. The molecule has 0 saturated carbocycles. The van der Waals surface area contributed by atoms with E-state index >= 15 is 0 Å². The van der Waals surface area contributed by atoms with E-state index in [0.717, 1.165) is 11.6 Å². The number of nitrogens with one attached hydrogen (secondary N) is 1. The minimum Gasteiger partial charge on any atom is -0.485 e. The Morgan fingerprint density at radius 3 is 2.58 bits per heavy atom. The summed E-state index contributed by atoms with van der Waals surface area (Å²) in [6, 6.07) is 8.09. The number of aromatic amines is 1. The molecule has 1 aromatic heterocycles. The molecule has 0 aliphatic rings. The van der Waals surface area contributed by atoms with E-state index in [1.165, 1.54) is 5.56 Å². The first-order valence-corrected chi connectivity index (χ1v) is 6.63. The normalized spacial score (nSPS) is 11.6. The second-order valence-corrected chi connectivity index (χ2v) is 5.93. The second-order valence-electron chi connectivity index (χ2n) is 5.54. The van der Waals surface area contributed by atoms with Crippen LogP contribution in [-0.4, -0.2) is 14.8 Å². The molecule has 2 aromatic rings. The summed E-state index contributed by atoms with van der Waals surface area (Å²) in [5, 5.41) is 6.90. The third-order valence-corrected chi connectivity index (χ3v) is 3.39. The van der Waals surface area contributed by atoms with Crippen LogP contribution in [-0.2, 0) is 19.1 Å². The van der Waals surface area contributed by atoms with Crippen molar-refractivity contribution in [2.75, 3.05) is 0 Å². The summed E-state index contributed by atoms with van der Waals surface area (Å²) in [6.07, 6.45) is 0. The fourth-order valence-electron chi connectivity index (χ4n) is 1.86. The highest BCUT2D eigenvalue weighted by molar-refractivity contribution is 7.71. The largest absolute Gasteiger partial charge is 0.485 e. The molecule has 1 N–H and O–H groups in total. The Morgan fingerprint density at radius 1 is 1.32 bits per heavy atom. The standard InChI is InChI=1S/C14H19N3OS/c1-14(2,3)10-7-5-6-8-11(10)18-9-12-15-16-13(19)17(12)4/h5-8H,9H2,1-4H3,(H,16,19). The maximum Gasteiger partial charge on any atom is 0.194 e. The molecule has 0 atom stereocenters. The van der Waals surface area contributed by atoms with Gasteiger partial charge in [-0.25, -0.2) is 0 Å². The molecule has 0 saturated heterocycles. The van der Waals surface area contributed by atoms with Crippen LogP contribution in [0.1, 0.15) is 32.2 Å². The van der Waals surface area contributed by atoms with Gasteiger partial charge in [-0.15, -0.1) is 0 Å². The van der Waals surface area contributed by atoms with E-state index in [1.54, 1.807) is 0 Å². The Morgan fingerprint density at radius 2 is 2.00 bits per heavy atom. The number of benzene rings is 1. The molecule has 0 radical (unpaired) electrons. The summed E-state index contributed by atoms with van der Waals surface area (Å²) >= 11 is 5.08. The lowest BCUT2D eigenvalue weighted by Crippen LogP contribution is -2.14. The van der Waals surface area contributed by atoms with Crippen LogP contribution in [0.4, 0.5) is 0 Å². The maximum absolute atomic E-state index is 5.89. The number of para-hydroxylation sites is 1. The highest BCUT2D eigenvalue weighted by Crippen LogP contribution is 2.31. The van der Waals surface area contributed by atoms with Gasteiger partial charge in [0.25, 0.3) is 0 Å². The van der Waals surface area contributed by atoms with Crippen LogP contribution in [0.2, 0.25) is 0 Å². The molecule has 0 aliphatic heterocycles. The highest BCUT2D eigenvalue weighted by atomic mass is 32.1. The molecule has 0 fully saturated rings. The molecule has 0 unspecified atom stereocenters. The lowest BCUT2D eigenvalue weighted by Gasteiger charge is -2.22. The second kappa shape index (κ2) is 5.17. The maximum atomic E-state index is 5.89. The molecule has 1 heterocycles. The fraction of sp³-hybridized carbons (Fsp3) is 0.429. The zero-order valence-electron chi connectivity index (χ0n) is 11.7. The van der Waals surface area contributed by atoms with E-state index < -0.39 is 0 Å². The number of H-pyrrole nitrogens is 1. The van der Waals surface area contributed by atoms with Gasteiger partial charge < -0.3 is 9.30 Å². The summed E-state index contributed by atoms with van der Waals surface area (Å²) in [4.78, 5) is 0. The van der Waals surface area contributed by atoms with Crippen LogP contribution in [0.5, 0.6) is 5.75 Å². The van der Waals surface area contributed by atoms with Crippen molar-refractivity contribution < 1.29 is 4.74 Å². The van der Waals surface area contributed by atoms with Gasteiger partial charge in [0.15, 0.2) is 10.6 Å². The third kappa shape index (κ3) is 3.04. The van der Waals surface area contributed by atoms with Gasteiger partial charge in [0.2, 0.25) is 0 Å². The van der Waals surface area contributed by atoms with Crippen LogP contribution < -0.4 is 4.74 Å². The van der Waals surface area contributed by atoms with Crippen molar-refractivity contribution in [3.63, 3.8) is 0 Å². The predicted octanol–water partition coefficient (Wildman–Crippen LogP) is 3.35. The van der Waals surface area contributed by atoms with Gasteiger partial charge in [-0.2, -0.15) is 5.10 Å². The molecule has 0 aliphatic carbocycles. The quantitative estimate of drug-likeness (QED) is 0.875. The number of hydrogen-bond donors (Lipinski definition) is 1. The monoisotopic (exact) mass is 277 g/mol. The van der Waals surface area contributed by atoms with Crippen LogP contribution in [0.15, 0.2) is 24.3 Å². The molecule has 2 rings (SSSR count). The van der Waals surface area contributed by atoms with E-state index in [2.05, 4.69) is 37.0 Å². The molecule has 102 valence electrons. The van der Waals surface area contributed by atoms with Gasteiger partial charge in [0, 0.05) is 7.05 Å². The molecule has 1 aromatic carbocycles. The zero-order valence-corrected chi connectivity index (χ0v) is 12.5.